The molecule has 178 valence electrons. The zero-order chi connectivity index (χ0) is 23.7. The maximum Gasteiger partial charge on any atom is 0.442 e. The molecule has 1 unspecified atom stereocenters. The molecule has 2 aromatic rings. The lowest BCUT2D eigenvalue weighted by atomic mass is 9.89. The summed E-state index contributed by atoms with van der Waals surface area (Å²) < 4.78 is 10.8. The lowest BCUT2D eigenvalue weighted by molar-refractivity contribution is -0.174. The van der Waals surface area contributed by atoms with Crippen molar-refractivity contribution in [3.8, 4) is 5.75 Å². The minimum Gasteiger partial charge on any atom is -0.497 e. The number of para-hydroxylation sites is 1. The molecule has 2 bridgehead atoms. The van der Waals surface area contributed by atoms with Gasteiger partial charge in [-0.3, -0.25) is 9.69 Å². The molecule has 3 aliphatic heterocycles. The molecule has 5 rings (SSSR count). The molecule has 1 atom stereocenters. The van der Waals surface area contributed by atoms with Crippen LogP contribution in [0.15, 0.2) is 48.5 Å². The average Bonchev–Trinajstić information content (AvgIpc) is 3.03. The van der Waals surface area contributed by atoms with Gasteiger partial charge in [0.1, 0.15) is 5.75 Å². The van der Waals surface area contributed by atoms with E-state index in [1.165, 1.54) is 0 Å². The average molecular weight is 466 g/mol. The van der Waals surface area contributed by atoms with E-state index in [-0.39, 0.29) is 0 Å². The van der Waals surface area contributed by atoms with Gasteiger partial charge in [-0.2, -0.15) is 0 Å². The van der Waals surface area contributed by atoms with E-state index in [9.17, 15) is 14.4 Å². The van der Waals surface area contributed by atoms with Crippen molar-refractivity contribution < 1.29 is 28.7 Å². The highest BCUT2D eigenvalue weighted by Crippen LogP contribution is 2.47. The van der Waals surface area contributed by atoms with Crippen LogP contribution in [-0.2, 0) is 29.6 Å². The number of anilines is 2. The maximum atomic E-state index is 13.1. The van der Waals surface area contributed by atoms with E-state index in [4.69, 9.17) is 14.3 Å². The summed E-state index contributed by atoms with van der Waals surface area (Å²) in [5, 5.41) is 0.903. The summed E-state index contributed by atoms with van der Waals surface area (Å²) >= 11 is 0. The molecule has 3 heterocycles. The summed E-state index contributed by atoms with van der Waals surface area (Å²) in [7, 11) is 1.67. The van der Waals surface area contributed by atoms with Crippen LogP contribution >= 0.6 is 0 Å². The van der Waals surface area contributed by atoms with Crippen molar-refractivity contribution in [3.05, 3.63) is 54.1 Å². The van der Waals surface area contributed by atoms with Gasteiger partial charge in [0.25, 0.3) is 0 Å². The van der Waals surface area contributed by atoms with Gasteiger partial charge in [-0.05, 0) is 37.6 Å². The number of methoxy groups -OCH3 is 1. The van der Waals surface area contributed by atoms with Gasteiger partial charge in [0.15, 0.2) is 0 Å². The first-order chi connectivity index (χ1) is 16.5. The van der Waals surface area contributed by atoms with Gasteiger partial charge in [0, 0.05) is 49.9 Å². The van der Waals surface area contributed by atoms with E-state index in [2.05, 4.69) is 21.9 Å². The van der Waals surface area contributed by atoms with Gasteiger partial charge in [0.2, 0.25) is 5.60 Å². The molecule has 0 spiro atoms. The quantitative estimate of drug-likeness (QED) is 0.350. The van der Waals surface area contributed by atoms with Crippen LogP contribution in [0.5, 0.6) is 5.75 Å². The number of benzene rings is 2. The molecule has 0 saturated carbocycles. The Morgan fingerprint density at radius 2 is 1.74 bits per heavy atom. The number of ether oxygens (including phenoxy) is 2. The summed E-state index contributed by atoms with van der Waals surface area (Å²) in [6, 6.07) is 15.1. The monoisotopic (exact) mass is 465 g/mol. The van der Waals surface area contributed by atoms with Crippen molar-refractivity contribution in [2.45, 2.75) is 24.9 Å². The van der Waals surface area contributed by atoms with Gasteiger partial charge in [0.05, 0.1) is 12.8 Å². The topological polar surface area (TPSA) is 88.6 Å². The number of hydrogen-bond donors (Lipinski definition) is 0. The van der Waals surface area contributed by atoms with Gasteiger partial charge in [-0.25, -0.2) is 9.59 Å². The molecule has 9 heteroatoms. The first-order valence-electron chi connectivity index (χ1n) is 11.5. The van der Waals surface area contributed by atoms with Gasteiger partial charge < -0.3 is 19.2 Å². The van der Waals surface area contributed by atoms with E-state index in [0.717, 1.165) is 55.6 Å². The number of carbonyl (C=O) groups excluding carboxylic acids is 3. The Bertz CT molecular complexity index is 1110. The predicted molar refractivity (Wildman–Crippen MR) is 123 cm³/mol. The third-order valence-corrected chi connectivity index (χ3v) is 6.74. The molecule has 0 aromatic heterocycles. The first kappa shape index (κ1) is 22.2. The maximum absolute atomic E-state index is 13.1. The highest BCUT2D eigenvalue weighted by Gasteiger charge is 2.58. The van der Waals surface area contributed by atoms with E-state index in [0.29, 0.717) is 24.1 Å². The molecule has 2 saturated heterocycles. The number of hydroxylamine groups is 1. The van der Waals surface area contributed by atoms with E-state index < -0.39 is 23.4 Å². The molecule has 0 radical (unpaired) electrons. The summed E-state index contributed by atoms with van der Waals surface area (Å²) in [5.74, 6) is -2.00. The Labute approximate surface area is 197 Å². The summed E-state index contributed by atoms with van der Waals surface area (Å²) in [6.45, 7) is 4.61. The molecule has 2 aromatic carbocycles. The van der Waals surface area contributed by atoms with Crippen LogP contribution in [0, 0.1) is 0 Å². The van der Waals surface area contributed by atoms with Crippen LogP contribution in [0.3, 0.4) is 0 Å². The number of esters is 1. The van der Waals surface area contributed by atoms with Crippen LogP contribution in [0.4, 0.5) is 11.4 Å². The number of rotatable bonds is 7. The second kappa shape index (κ2) is 8.98. The number of fused-ring (bicyclic) bond motifs is 5. The molecule has 0 aliphatic carbocycles. The highest BCUT2D eigenvalue weighted by atomic mass is 16.7. The summed E-state index contributed by atoms with van der Waals surface area (Å²) in [4.78, 5) is 46.9. The van der Waals surface area contributed by atoms with Crippen LogP contribution in [0.25, 0.3) is 0 Å². The lowest BCUT2D eigenvalue weighted by Gasteiger charge is -2.36. The fourth-order valence-electron chi connectivity index (χ4n) is 4.93. The predicted octanol–water partition coefficient (Wildman–Crippen LogP) is 2.24. The number of nitrogens with zero attached hydrogens (tertiary/aromatic N) is 3. The van der Waals surface area contributed by atoms with E-state index >= 15 is 0 Å². The normalized spacial score (nSPS) is 22.2. The fourth-order valence-corrected chi connectivity index (χ4v) is 4.93. The summed E-state index contributed by atoms with van der Waals surface area (Å²) in [6.07, 6.45) is 1.79. The molecular weight excluding hydrogens is 438 g/mol. The molecule has 2 fully saturated rings. The second-order valence-electron chi connectivity index (χ2n) is 8.70. The first-order valence-corrected chi connectivity index (χ1v) is 11.5. The number of piperazine rings is 1. The van der Waals surface area contributed by atoms with Gasteiger partial charge in [-0.15, -0.1) is 5.06 Å². The lowest BCUT2D eigenvalue weighted by Crippen LogP contribution is -2.46. The van der Waals surface area contributed by atoms with Crippen molar-refractivity contribution in [1.82, 2.24) is 4.90 Å². The molecule has 34 heavy (non-hydrogen) atoms. The molecule has 0 N–H and O–H groups in total. The van der Waals surface area contributed by atoms with Gasteiger partial charge in [-0.1, -0.05) is 24.3 Å². The number of hydrogen-bond acceptors (Lipinski definition) is 8. The molecule has 9 nitrogen and oxygen atoms in total. The number of carbonyl (C=O) groups is 3. The van der Waals surface area contributed by atoms with Crippen LogP contribution in [0.2, 0.25) is 0 Å². The Hall–Kier alpha value is -3.59. The minimum atomic E-state index is -1.51. The Kier molecular flexibility index (Phi) is 5.87. The summed E-state index contributed by atoms with van der Waals surface area (Å²) in [5.41, 5.74) is 0.660. The van der Waals surface area contributed by atoms with Crippen molar-refractivity contribution >= 4 is 29.2 Å². The third kappa shape index (κ3) is 3.86. The van der Waals surface area contributed by atoms with E-state index in [1.54, 1.807) is 31.4 Å². The van der Waals surface area contributed by atoms with Crippen LogP contribution in [0.1, 0.15) is 24.8 Å². The second-order valence-corrected chi connectivity index (χ2v) is 8.70. The Morgan fingerprint density at radius 1 is 0.941 bits per heavy atom. The number of unbranched alkanes of at least 4 members (excludes halogenated alkanes) is 1. The molecule has 1 amide bonds. The zero-order valence-electron chi connectivity index (χ0n) is 19.1. The SMILES string of the molecule is COc1cccc(N2CCN(CCCCC34OC(=O)C(=O)ON(C3=O)c3ccccc34)CC2)c1. The minimum absolute atomic E-state index is 0.297. The molecule has 3 aliphatic rings. The van der Waals surface area contributed by atoms with Crippen LogP contribution in [-0.4, -0.2) is 62.6 Å². The number of amides is 1. The van der Waals surface area contributed by atoms with Crippen molar-refractivity contribution in [1.29, 1.82) is 0 Å². The van der Waals surface area contributed by atoms with Crippen molar-refractivity contribution in [2.75, 3.05) is 49.8 Å². The fraction of sp³-hybridized carbons (Fsp3) is 0.400. The highest BCUT2D eigenvalue weighted by molar-refractivity contribution is 6.32. The van der Waals surface area contributed by atoms with Crippen molar-refractivity contribution in [2.24, 2.45) is 0 Å². The van der Waals surface area contributed by atoms with Gasteiger partial charge >= 0.3 is 17.8 Å². The third-order valence-electron chi connectivity index (χ3n) is 6.74. The Balaban J connectivity index is 1.18. The van der Waals surface area contributed by atoms with Crippen LogP contribution < -0.4 is 14.7 Å². The van der Waals surface area contributed by atoms with Crippen molar-refractivity contribution in [3.63, 3.8) is 0 Å². The molecular formula is C25H27N3O6. The standard InChI is InChI=1S/C25H27N3O6/c1-32-19-8-6-7-18(17-19)27-15-13-26(14-16-27)12-5-4-11-25-20-9-2-3-10-21(20)28(24(25)31)34-23(30)22(29)33-25/h2-3,6-10,17H,4-5,11-16H2,1H3. The smallest absolute Gasteiger partial charge is 0.442 e. The van der Waals surface area contributed by atoms with E-state index in [1.807, 2.05) is 12.1 Å². The Morgan fingerprint density at radius 3 is 2.53 bits per heavy atom. The zero-order valence-corrected chi connectivity index (χ0v) is 19.1. The largest absolute Gasteiger partial charge is 0.497 e.